The number of nitrogens with two attached hydrogens (primary N) is 1. The third-order valence-electron chi connectivity index (χ3n) is 6.32. The molecule has 32 heavy (non-hydrogen) atoms. The molecule has 2 aromatic heterocycles. The van der Waals surface area contributed by atoms with Crippen LogP contribution in [0.1, 0.15) is 12.8 Å². The van der Waals surface area contributed by atoms with Crippen molar-refractivity contribution in [2.24, 2.45) is 5.73 Å². The van der Waals surface area contributed by atoms with Crippen LogP contribution in [0.25, 0.3) is 27.3 Å². The van der Waals surface area contributed by atoms with Crippen LogP contribution in [-0.4, -0.2) is 77.0 Å². The fourth-order valence-corrected chi connectivity index (χ4v) is 4.62. The lowest BCUT2D eigenvalue weighted by Crippen LogP contribution is -2.47. The van der Waals surface area contributed by atoms with Crippen molar-refractivity contribution in [3.05, 3.63) is 46.6 Å². The number of hydrogen-bond acceptors (Lipinski definition) is 7. The van der Waals surface area contributed by atoms with Crippen molar-refractivity contribution in [3.8, 4) is 0 Å². The maximum atomic E-state index is 13.3. The van der Waals surface area contributed by atoms with Gasteiger partial charge in [-0.05, 0) is 56.7 Å². The highest BCUT2D eigenvalue weighted by Gasteiger charge is 2.18. The van der Waals surface area contributed by atoms with Gasteiger partial charge in [-0.15, -0.1) is 17.5 Å². The van der Waals surface area contributed by atoms with Crippen LogP contribution in [0.4, 0.5) is 5.69 Å². The summed E-state index contributed by atoms with van der Waals surface area (Å²) in [7, 11) is 0. The van der Waals surface area contributed by atoms with Gasteiger partial charge in [0.25, 0.3) is 0 Å². The van der Waals surface area contributed by atoms with E-state index < -0.39 is 0 Å². The van der Waals surface area contributed by atoms with Crippen LogP contribution in [0.5, 0.6) is 0 Å². The molecule has 0 atom stereocenters. The Labute approximate surface area is 193 Å². The molecule has 9 heteroatoms. The maximum absolute atomic E-state index is 13.3. The van der Waals surface area contributed by atoms with E-state index in [0.717, 1.165) is 87.4 Å². The molecule has 0 amide bonds. The fraction of sp³-hybridized carbons (Fsp3) is 0.435. The lowest BCUT2D eigenvalue weighted by atomic mass is 10.1. The van der Waals surface area contributed by atoms with E-state index in [1.807, 2.05) is 36.4 Å². The van der Waals surface area contributed by atoms with Crippen molar-refractivity contribution >= 4 is 45.4 Å². The van der Waals surface area contributed by atoms with Crippen LogP contribution in [0.3, 0.4) is 0 Å². The van der Waals surface area contributed by atoms with E-state index in [9.17, 15) is 4.79 Å². The lowest BCUT2D eigenvalue weighted by molar-refractivity contribution is 0.132. The topological polar surface area (TPSA) is 91.8 Å². The van der Waals surface area contributed by atoms with Crippen molar-refractivity contribution < 1.29 is 0 Å². The van der Waals surface area contributed by atoms with E-state index in [2.05, 4.69) is 25.4 Å². The summed E-state index contributed by atoms with van der Waals surface area (Å²) in [5.74, 6) is 0. The predicted molar refractivity (Wildman–Crippen MR) is 132 cm³/mol. The number of nitrogens with one attached hydrogen (secondary N) is 1. The van der Waals surface area contributed by atoms with Crippen LogP contribution < -0.4 is 16.5 Å². The summed E-state index contributed by atoms with van der Waals surface area (Å²) in [6, 6.07) is 11.5. The summed E-state index contributed by atoms with van der Waals surface area (Å²) < 4.78 is 1.79. The van der Waals surface area contributed by atoms with Crippen molar-refractivity contribution in [3.63, 3.8) is 0 Å². The second-order valence-electron chi connectivity index (χ2n) is 8.31. The van der Waals surface area contributed by atoms with E-state index in [1.54, 1.807) is 4.52 Å². The smallest absolute Gasteiger partial charge is 0.199 e. The number of para-hydroxylation sites is 1. The fourth-order valence-electron chi connectivity index (χ4n) is 4.62. The van der Waals surface area contributed by atoms with Crippen LogP contribution in [0.2, 0.25) is 0 Å². The average molecular weight is 456 g/mol. The highest BCUT2D eigenvalue weighted by atomic mass is 35.5. The first-order valence-corrected chi connectivity index (χ1v) is 11.2. The number of nitrogens with zero attached hydrogens (tertiary/aromatic N) is 5. The molecule has 1 aliphatic heterocycles. The first-order chi connectivity index (χ1) is 15.3. The minimum Gasteiger partial charge on any atom is -0.384 e. The van der Waals surface area contributed by atoms with E-state index >= 15 is 0 Å². The standard InChI is InChI=1S/C23H29N7O.ClH/c24-9-3-11-28-13-15-29(16-14-28)12-4-10-25-18-7-8-19-22-21(18)23(31)17-5-1-2-6-20(17)30(22)27-26-19;/h1-2,5-8,25H,3-4,9-16,24H2;1H. The van der Waals surface area contributed by atoms with E-state index in [0.29, 0.717) is 10.8 Å². The Morgan fingerprint density at radius 3 is 2.44 bits per heavy atom. The summed E-state index contributed by atoms with van der Waals surface area (Å²) >= 11 is 0. The van der Waals surface area contributed by atoms with Crippen LogP contribution in [0, 0.1) is 0 Å². The van der Waals surface area contributed by atoms with Gasteiger partial charge in [-0.3, -0.25) is 4.79 Å². The molecule has 170 valence electrons. The number of hydrogen-bond donors (Lipinski definition) is 2. The van der Waals surface area contributed by atoms with Crippen LogP contribution in [-0.2, 0) is 0 Å². The normalized spacial score (nSPS) is 15.5. The SMILES string of the molecule is Cl.NCCCN1CCN(CCCNc2ccc3nnn4c5ccccc5c(=O)c2c34)CC1. The van der Waals surface area contributed by atoms with Gasteiger partial charge >= 0.3 is 0 Å². The molecule has 0 aliphatic carbocycles. The van der Waals surface area contributed by atoms with Gasteiger partial charge in [-0.25, -0.2) is 4.52 Å². The molecular formula is C23H30ClN7O. The van der Waals surface area contributed by atoms with Crippen molar-refractivity contribution in [2.75, 3.05) is 57.7 Å². The molecule has 0 spiro atoms. The Balaban J connectivity index is 0.00000245. The minimum absolute atomic E-state index is 0. The molecule has 3 N–H and O–H groups in total. The molecule has 0 bridgehead atoms. The Morgan fingerprint density at radius 2 is 1.69 bits per heavy atom. The molecule has 4 aromatic rings. The lowest BCUT2D eigenvalue weighted by Gasteiger charge is -2.34. The summed E-state index contributed by atoms with van der Waals surface area (Å²) in [5.41, 5.74) is 8.85. The molecule has 3 heterocycles. The van der Waals surface area contributed by atoms with Gasteiger partial charge in [0.05, 0.1) is 10.9 Å². The zero-order chi connectivity index (χ0) is 21.2. The number of fused-ring (bicyclic) bond motifs is 2. The Morgan fingerprint density at radius 1 is 0.969 bits per heavy atom. The third kappa shape index (κ3) is 4.23. The molecule has 0 radical (unpaired) electrons. The summed E-state index contributed by atoms with van der Waals surface area (Å²) in [4.78, 5) is 18.3. The highest BCUT2D eigenvalue weighted by Crippen LogP contribution is 2.27. The molecule has 2 aromatic carbocycles. The average Bonchev–Trinajstić information content (AvgIpc) is 3.24. The third-order valence-corrected chi connectivity index (χ3v) is 6.32. The van der Waals surface area contributed by atoms with Gasteiger partial charge in [-0.1, -0.05) is 17.3 Å². The number of anilines is 1. The molecule has 1 fully saturated rings. The molecule has 0 unspecified atom stereocenters. The number of pyridine rings is 1. The monoisotopic (exact) mass is 455 g/mol. The summed E-state index contributed by atoms with van der Waals surface area (Å²) in [5, 5.41) is 13.4. The first-order valence-electron chi connectivity index (χ1n) is 11.2. The minimum atomic E-state index is 0. The number of rotatable bonds is 8. The van der Waals surface area contributed by atoms with Gasteiger partial charge in [0.1, 0.15) is 11.0 Å². The second kappa shape index (κ2) is 9.95. The molecule has 5 rings (SSSR count). The van der Waals surface area contributed by atoms with Crippen molar-refractivity contribution in [2.45, 2.75) is 12.8 Å². The number of halogens is 1. The number of piperazine rings is 1. The van der Waals surface area contributed by atoms with Gasteiger partial charge in [0.2, 0.25) is 0 Å². The maximum Gasteiger partial charge on any atom is 0.199 e. The van der Waals surface area contributed by atoms with Crippen LogP contribution >= 0.6 is 12.4 Å². The Kier molecular flexibility index (Phi) is 7.05. The molecule has 1 aliphatic rings. The Hall–Kier alpha value is -2.52. The van der Waals surface area contributed by atoms with E-state index in [4.69, 9.17) is 5.73 Å². The van der Waals surface area contributed by atoms with E-state index in [1.165, 1.54) is 0 Å². The zero-order valence-corrected chi connectivity index (χ0v) is 19.0. The first kappa shape index (κ1) is 22.7. The molecule has 0 saturated carbocycles. The molecule has 1 saturated heterocycles. The molecular weight excluding hydrogens is 426 g/mol. The van der Waals surface area contributed by atoms with E-state index in [-0.39, 0.29) is 17.8 Å². The largest absolute Gasteiger partial charge is 0.384 e. The molecule has 8 nitrogen and oxygen atoms in total. The van der Waals surface area contributed by atoms with Gasteiger partial charge in [0, 0.05) is 43.8 Å². The second-order valence-corrected chi connectivity index (χ2v) is 8.31. The number of benzene rings is 2. The number of aromatic nitrogens is 3. The summed E-state index contributed by atoms with van der Waals surface area (Å²) in [6.07, 6.45) is 2.11. The van der Waals surface area contributed by atoms with Crippen molar-refractivity contribution in [1.82, 2.24) is 24.6 Å². The Bertz CT molecular complexity index is 1240. The van der Waals surface area contributed by atoms with Crippen molar-refractivity contribution in [1.29, 1.82) is 0 Å². The summed E-state index contributed by atoms with van der Waals surface area (Å²) in [6.45, 7) is 8.24. The van der Waals surface area contributed by atoms with Gasteiger partial charge < -0.3 is 20.9 Å². The quantitative estimate of drug-likeness (QED) is 0.310. The zero-order valence-electron chi connectivity index (χ0n) is 18.2. The highest BCUT2D eigenvalue weighted by molar-refractivity contribution is 6.06. The van der Waals surface area contributed by atoms with Gasteiger partial charge in [-0.2, -0.15) is 0 Å². The van der Waals surface area contributed by atoms with Gasteiger partial charge in [0.15, 0.2) is 5.43 Å². The predicted octanol–water partition coefficient (Wildman–Crippen LogP) is 2.02. The van der Waals surface area contributed by atoms with Crippen LogP contribution in [0.15, 0.2) is 41.2 Å².